The maximum Gasteiger partial charge on any atom is 0.239 e. The third-order valence-corrected chi connectivity index (χ3v) is 5.61. The molecule has 2 aromatic rings. The van der Waals surface area contributed by atoms with Gasteiger partial charge in [-0.1, -0.05) is 0 Å². The van der Waals surface area contributed by atoms with E-state index in [0.29, 0.717) is 28.9 Å². The Bertz CT molecular complexity index is 696. The molecule has 0 amide bonds. The number of aromatic nitrogens is 1. The molecular weight excluding hydrogens is 298 g/mol. The topological polar surface area (TPSA) is 98.2 Å². The highest BCUT2D eigenvalue weighted by Crippen LogP contribution is 2.28. The average molecular weight is 315 g/mol. The minimum absolute atomic E-state index is 0.313. The second kappa shape index (κ2) is 5.19. The molecule has 0 fully saturated rings. The van der Waals surface area contributed by atoms with E-state index in [4.69, 9.17) is 10.2 Å². The normalized spacial score (nSPS) is 12.6. The van der Waals surface area contributed by atoms with Crippen molar-refractivity contribution >= 4 is 26.5 Å². The summed E-state index contributed by atoms with van der Waals surface area (Å²) in [6, 6.07) is 3.53. The van der Waals surface area contributed by atoms with Crippen LogP contribution in [0.1, 0.15) is 26.5 Å². The van der Waals surface area contributed by atoms with E-state index in [1.807, 2.05) is 0 Å². The van der Waals surface area contributed by atoms with E-state index >= 15 is 0 Å². The van der Waals surface area contributed by atoms with Crippen LogP contribution in [0, 0.1) is 0 Å². The van der Waals surface area contributed by atoms with E-state index in [-0.39, 0.29) is 0 Å². The molecule has 110 valence electrons. The van der Waals surface area contributed by atoms with Gasteiger partial charge in [0.25, 0.3) is 0 Å². The Morgan fingerprint density at radius 3 is 2.65 bits per heavy atom. The van der Waals surface area contributed by atoms with Crippen LogP contribution < -0.4 is 10.5 Å². The lowest BCUT2D eigenvalue weighted by Gasteiger charge is -2.18. The largest absolute Gasteiger partial charge is 0.458 e. The van der Waals surface area contributed by atoms with Gasteiger partial charge in [-0.05, 0) is 32.9 Å². The van der Waals surface area contributed by atoms with E-state index in [1.165, 1.54) is 11.3 Å². The Morgan fingerprint density at radius 1 is 1.40 bits per heavy atom. The quantitative estimate of drug-likeness (QED) is 0.902. The van der Waals surface area contributed by atoms with Crippen molar-refractivity contribution < 1.29 is 12.8 Å². The zero-order valence-electron chi connectivity index (χ0n) is 11.5. The van der Waals surface area contributed by atoms with Crippen molar-refractivity contribution in [3.63, 3.8) is 0 Å². The fraction of sp³-hybridized carbons (Fsp3) is 0.417. The van der Waals surface area contributed by atoms with Gasteiger partial charge < -0.3 is 10.2 Å². The van der Waals surface area contributed by atoms with Crippen molar-refractivity contribution in [2.45, 2.75) is 32.1 Å². The van der Waals surface area contributed by atoms with Gasteiger partial charge in [0.2, 0.25) is 10.0 Å². The summed E-state index contributed by atoms with van der Waals surface area (Å²) in [6.45, 7) is 5.20. The first-order valence-electron chi connectivity index (χ1n) is 6.00. The van der Waals surface area contributed by atoms with Crippen LogP contribution in [0.4, 0.5) is 5.13 Å². The summed E-state index contributed by atoms with van der Waals surface area (Å²) in [6.07, 6.45) is 0. The Balaban J connectivity index is 2.22. The molecule has 0 aliphatic carbocycles. The van der Waals surface area contributed by atoms with Gasteiger partial charge in [0, 0.05) is 5.38 Å². The number of nitrogens with two attached hydrogens (primary N) is 1. The first-order valence-corrected chi connectivity index (χ1v) is 8.36. The summed E-state index contributed by atoms with van der Waals surface area (Å²) in [7, 11) is -3.47. The van der Waals surface area contributed by atoms with Crippen LogP contribution in [0.2, 0.25) is 0 Å². The molecule has 0 saturated heterocycles. The van der Waals surface area contributed by atoms with Gasteiger partial charge in [-0.25, -0.2) is 13.4 Å². The lowest BCUT2D eigenvalue weighted by atomic mass is 10.3. The molecule has 2 heterocycles. The van der Waals surface area contributed by atoms with Crippen molar-refractivity contribution in [3.8, 4) is 11.5 Å². The molecule has 0 aliphatic rings. The maximum absolute atomic E-state index is 12.0. The van der Waals surface area contributed by atoms with E-state index in [0.717, 1.165) is 0 Å². The molecule has 0 aliphatic heterocycles. The Kier molecular flexibility index (Phi) is 3.90. The number of nitrogens with zero attached hydrogens (tertiary/aromatic N) is 1. The van der Waals surface area contributed by atoms with Crippen molar-refractivity contribution in [2.75, 3.05) is 4.72 Å². The lowest BCUT2D eigenvalue weighted by molar-refractivity contribution is 0.524. The van der Waals surface area contributed by atoms with Gasteiger partial charge in [-0.15, -0.1) is 11.3 Å². The predicted octanol–water partition coefficient (Wildman–Crippen LogP) is 2.40. The summed E-state index contributed by atoms with van der Waals surface area (Å²) in [5, 5.41) is 2.06. The number of sulfonamides is 1. The molecular formula is C12H17N3O3S2. The molecule has 0 spiro atoms. The predicted molar refractivity (Wildman–Crippen MR) is 80.0 cm³/mol. The minimum atomic E-state index is -3.47. The van der Waals surface area contributed by atoms with Gasteiger partial charge >= 0.3 is 0 Å². The Labute approximate surface area is 122 Å². The highest BCUT2D eigenvalue weighted by atomic mass is 32.2. The second-order valence-electron chi connectivity index (χ2n) is 5.23. The van der Waals surface area contributed by atoms with Gasteiger partial charge in [0.05, 0.1) is 11.3 Å². The molecule has 0 atom stereocenters. The number of anilines is 1. The SMILES string of the molecule is CC(C)(C)S(=O)(=O)Nc1nc(-c2ccc(CN)o2)cs1. The molecule has 2 rings (SSSR count). The summed E-state index contributed by atoms with van der Waals surface area (Å²) in [5.41, 5.74) is 6.06. The first-order chi connectivity index (χ1) is 9.23. The standard InChI is InChI=1S/C12H17N3O3S2/c1-12(2,3)20(16,17)15-11-14-9(7-19-11)10-5-4-8(6-13)18-10/h4-5,7H,6,13H2,1-3H3,(H,14,15). The second-order valence-corrected chi connectivity index (χ2v) is 8.52. The third kappa shape index (κ3) is 3.02. The average Bonchev–Trinajstić information content (AvgIpc) is 2.94. The van der Waals surface area contributed by atoms with Gasteiger partial charge in [0.1, 0.15) is 11.5 Å². The first kappa shape index (κ1) is 15.0. The highest BCUT2D eigenvalue weighted by molar-refractivity contribution is 7.94. The summed E-state index contributed by atoms with van der Waals surface area (Å²) in [5.74, 6) is 1.23. The molecule has 0 unspecified atom stereocenters. The monoisotopic (exact) mass is 315 g/mol. The number of rotatable bonds is 4. The summed E-state index contributed by atoms with van der Waals surface area (Å²) < 4.78 is 31.1. The molecule has 2 aromatic heterocycles. The van der Waals surface area contributed by atoms with Gasteiger partial charge in [-0.2, -0.15) is 0 Å². The number of hydrogen-bond acceptors (Lipinski definition) is 6. The van der Waals surface area contributed by atoms with Crippen molar-refractivity contribution in [1.82, 2.24) is 4.98 Å². The molecule has 8 heteroatoms. The molecule has 0 bridgehead atoms. The number of thiazole rings is 1. The van der Waals surface area contributed by atoms with E-state index in [1.54, 1.807) is 38.3 Å². The van der Waals surface area contributed by atoms with Crippen LogP contribution in [-0.2, 0) is 16.6 Å². The van der Waals surface area contributed by atoms with Crippen LogP contribution in [0.25, 0.3) is 11.5 Å². The molecule has 6 nitrogen and oxygen atoms in total. The number of hydrogen-bond donors (Lipinski definition) is 2. The fourth-order valence-electron chi connectivity index (χ4n) is 1.33. The third-order valence-electron chi connectivity index (χ3n) is 2.65. The molecule has 3 N–H and O–H groups in total. The van der Waals surface area contributed by atoms with Crippen LogP contribution in [0.3, 0.4) is 0 Å². The zero-order chi connectivity index (χ0) is 15.0. The zero-order valence-corrected chi connectivity index (χ0v) is 13.1. The van der Waals surface area contributed by atoms with Crippen LogP contribution in [0.15, 0.2) is 21.9 Å². The lowest BCUT2D eigenvalue weighted by Crippen LogP contribution is -2.33. The fourth-order valence-corrected chi connectivity index (χ4v) is 2.97. The smallest absolute Gasteiger partial charge is 0.239 e. The van der Waals surface area contributed by atoms with E-state index in [9.17, 15) is 8.42 Å². The minimum Gasteiger partial charge on any atom is -0.458 e. The van der Waals surface area contributed by atoms with Crippen LogP contribution in [-0.4, -0.2) is 18.1 Å². The van der Waals surface area contributed by atoms with Gasteiger partial charge in [-0.3, -0.25) is 4.72 Å². The van der Waals surface area contributed by atoms with Crippen molar-refractivity contribution in [3.05, 3.63) is 23.3 Å². The maximum atomic E-state index is 12.0. The summed E-state index contributed by atoms with van der Waals surface area (Å²) >= 11 is 1.21. The van der Waals surface area contributed by atoms with E-state index < -0.39 is 14.8 Å². The van der Waals surface area contributed by atoms with Crippen LogP contribution in [0.5, 0.6) is 0 Å². The van der Waals surface area contributed by atoms with E-state index in [2.05, 4.69) is 9.71 Å². The highest BCUT2D eigenvalue weighted by Gasteiger charge is 2.29. The molecule has 20 heavy (non-hydrogen) atoms. The van der Waals surface area contributed by atoms with Crippen molar-refractivity contribution in [2.24, 2.45) is 5.73 Å². The van der Waals surface area contributed by atoms with Crippen molar-refractivity contribution in [1.29, 1.82) is 0 Å². The number of nitrogens with one attached hydrogen (secondary N) is 1. The molecule has 0 aromatic carbocycles. The molecule has 0 saturated carbocycles. The Hall–Kier alpha value is -1.38. The molecule has 0 radical (unpaired) electrons. The number of furan rings is 1. The Morgan fingerprint density at radius 2 is 2.10 bits per heavy atom. The van der Waals surface area contributed by atoms with Gasteiger partial charge in [0.15, 0.2) is 10.9 Å². The van der Waals surface area contributed by atoms with Crippen LogP contribution >= 0.6 is 11.3 Å². The summed E-state index contributed by atoms with van der Waals surface area (Å²) in [4.78, 5) is 4.22.